The lowest BCUT2D eigenvalue weighted by Crippen LogP contribution is -2.27. The van der Waals surface area contributed by atoms with Gasteiger partial charge in [-0.2, -0.15) is 0 Å². The van der Waals surface area contributed by atoms with Crippen molar-refractivity contribution in [2.45, 2.75) is 37.6 Å². The van der Waals surface area contributed by atoms with E-state index in [9.17, 15) is 8.42 Å². The lowest BCUT2D eigenvalue weighted by molar-refractivity contribution is 0.395. The molecule has 0 aliphatic rings. The number of nitrogens with one attached hydrogen (secondary N) is 1. The lowest BCUT2D eigenvalue weighted by Gasteiger charge is -2.19. The molecule has 0 aromatic heterocycles. The van der Waals surface area contributed by atoms with Crippen molar-refractivity contribution in [1.29, 1.82) is 0 Å². The van der Waals surface area contributed by atoms with Crippen LogP contribution < -0.4 is 18.9 Å². The zero-order valence-corrected chi connectivity index (χ0v) is 17.4. The molecule has 0 spiro atoms. The van der Waals surface area contributed by atoms with E-state index in [1.54, 1.807) is 64.7 Å². The van der Waals surface area contributed by atoms with Gasteiger partial charge in [0.25, 0.3) is 0 Å². The summed E-state index contributed by atoms with van der Waals surface area (Å²) in [7, 11) is 0.946. The summed E-state index contributed by atoms with van der Waals surface area (Å²) in [5, 5.41) is 0. The summed E-state index contributed by atoms with van der Waals surface area (Å²) in [5.41, 5.74) is 1.53. The average molecular weight is 394 g/mol. The molecule has 2 aromatic carbocycles. The number of rotatable bonds is 8. The molecule has 0 amide bonds. The number of benzene rings is 2. The summed E-state index contributed by atoms with van der Waals surface area (Å²) in [6.07, 6.45) is 0. The number of methoxy groups -OCH3 is 3. The third-order valence-corrected chi connectivity index (χ3v) is 5.91. The molecular weight excluding hydrogens is 366 g/mol. The van der Waals surface area contributed by atoms with Gasteiger partial charge < -0.3 is 14.2 Å². The third-order valence-electron chi connectivity index (χ3n) is 4.37. The third kappa shape index (κ3) is 4.73. The van der Waals surface area contributed by atoms with Crippen molar-refractivity contribution in [2.24, 2.45) is 0 Å². The number of hydrogen-bond donors (Lipinski definition) is 1. The first-order chi connectivity index (χ1) is 12.7. The van der Waals surface area contributed by atoms with E-state index in [0.717, 1.165) is 5.56 Å². The maximum atomic E-state index is 12.9. The summed E-state index contributed by atoms with van der Waals surface area (Å²) >= 11 is 0. The summed E-state index contributed by atoms with van der Waals surface area (Å²) in [4.78, 5) is 0.195. The van der Waals surface area contributed by atoms with Crippen LogP contribution in [0.15, 0.2) is 41.3 Å². The highest BCUT2D eigenvalue weighted by molar-refractivity contribution is 7.89. The second-order valence-electron chi connectivity index (χ2n) is 6.51. The minimum atomic E-state index is -3.74. The Balaban J connectivity index is 2.37. The SMILES string of the molecule is COc1ccc(OC)c([C@H](C)NS(=O)(=O)c2ccc(OC)c(C(C)C)c2)c1. The fourth-order valence-corrected chi connectivity index (χ4v) is 4.13. The highest BCUT2D eigenvalue weighted by Gasteiger charge is 2.23. The smallest absolute Gasteiger partial charge is 0.241 e. The number of hydrogen-bond acceptors (Lipinski definition) is 5. The van der Waals surface area contributed by atoms with E-state index < -0.39 is 16.1 Å². The minimum Gasteiger partial charge on any atom is -0.497 e. The quantitative estimate of drug-likeness (QED) is 0.737. The molecule has 0 bridgehead atoms. The summed E-state index contributed by atoms with van der Waals surface area (Å²) in [5.74, 6) is 2.02. The van der Waals surface area contributed by atoms with E-state index in [-0.39, 0.29) is 10.8 Å². The summed E-state index contributed by atoms with van der Waals surface area (Å²) in [6, 6.07) is 9.65. The van der Waals surface area contributed by atoms with E-state index in [0.29, 0.717) is 22.8 Å². The molecule has 6 nitrogen and oxygen atoms in total. The van der Waals surface area contributed by atoms with Crippen molar-refractivity contribution in [3.63, 3.8) is 0 Å². The van der Waals surface area contributed by atoms with Gasteiger partial charge >= 0.3 is 0 Å². The molecule has 0 saturated carbocycles. The van der Waals surface area contributed by atoms with Crippen molar-refractivity contribution in [1.82, 2.24) is 4.72 Å². The molecular formula is C20H27NO5S. The van der Waals surface area contributed by atoms with E-state index >= 15 is 0 Å². The van der Waals surface area contributed by atoms with Crippen LogP contribution in [0.5, 0.6) is 17.2 Å². The van der Waals surface area contributed by atoms with Gasteiger partial charge in [-0.15, -0.1) is 0 Å². The monoisotopic (exact) mass is 393 g/mol. The lowest BCUT2D eigenvalue weighted by atomic mass is 10.0. The van der Waals surface area contributed by atoms with Crippen LogP contribution in [0.2, 0.25) is 0 Å². The van der Waals surface area contributed by atoms with Gasteiger partial charge in [0.2, 0.25) is 10.0 Å². The van der Waals surface area contributed by atoms with Crippen LogP contribution in [0.3, 0.4) is 0 Å². The van der Waals surface area contributed by atoms with Gasteiger partial charge in [0.15, 0.2) is 0 Å². The Kier molecular flexibility index (Phi) is 6.73. The maximum absolute atomic E-state index is 12.9. The van der Waals surface area contributed by atoms with Gasteiger partial charge in [-0.3, -0.25) is 0 Å². The molecule has 148 valence electrons. The Hall–Kier alpha value is -2.25. The van der Waals surface area contributed by atoms with Crippen molar-refractivity contribution in [3.8, 4) is 17.2 Å². The van der Waals surface area contributed by atoms with Gasteiger partial charge in [-0.1, -0.05) is 13.8 Å². The Morgan fingerprint density at radius 1 is 0.815 bits per heavy atom. The molecule has 0 fully saturated rings. The highest BCUT2D eigenvalue weighted by Crippen LogP contribution is 2.32. The maximum Gasteiger partial charge on any atom is 0.241 e. The normalized spacial score (nSPS) is 12.7. The van der Waals surface area contributed by atoms with E-state index in [4.69, 9.17) is 14.2 Å². The summed E-state index contributed by atoms with van der Waals surface area (Å²) < 4.78 is 44.5. The molecule has 0 unspecified atom stereocenters. The fraction of sp³-hybridized carbons (Fsp3) is 0.400. The first kappa shape index (κ1) is 21.1. The molecule has 0 aliphatic heterocycles. The Morgan fingerprint density at radius 3 is 1.96 bits per heavy atom. The van der Waals surface area contributed by atoms with Crippen molar-refractivity contribution >= 4 is 10.0 Å². The second-order valence-corrected chi connectivity index (χ2v) is 8.22. The molecule has 1 N–H and O–H groups in total. The Labute approximate surface area is 161 Å². The fourth-order valence-electron chi connectivity index (χ4n) is 2.87. The van der Waals surface area contributed by atoms with Crippen LogP contribution in [0.25, 0.3) is 0 Å². The standard InChI is InChI=1S/C20H27NO5S/c1-13(2)17-12-16(8-10-19(17)25-5)27(22,23)21-14(3)18-11-15(24-4)7-9-20(18)26-6/h7-14,21H,1-6H3/t14-/m0/s1. The Bertz CT molecular complexity index is 893. The predicted octanol–water partition coefficient (Wildman–Crippen LogP) is 3.88. The van der Waals surface area contributed by atoms with Crippen LogP contribution >= 0.6 is 0 Å². The minimum absolute atomic E-state index is 0.131. The van der Waals surface area contributed by atoms with Gasteiger partial charge in [0.05, 0.1) is 26.2 Å². The molecule has 0 radical (unpaired) electrons. The molecule has 7 heteroatoms. The van der Waals surface area contributed by atoms with E-state index in [1.807, 2.05) is 13.8 Å². The largest absolute Gasteiger partial charge is 0.497 e. The summed E-state index contributed by atoms with van der Waals surface area (Å²) in [6.45, 7) is 5.75. The van der Waals surface area contributed by atoms with Gasteiger partial charge in [0.1, 0.15) is 17.2 Å². The van der Waals surface area contributed by atoms with Crippen LogP contribution in [0.4, 0.5) is 0 Å². The zero-order chi connectivity index (χ0) is 20.2. The van der Waals surface area contributed by atoms with Gasteiger partial charge in [-0.05, 0) is 54.8 Å². The van der Waals surface area contributed by atoms with Crippen molar-refractivity contribution in [2.75, 3.05) is 21.3 Å². The topological polar surface area (TPSA) is 73.9 Å². The molecule has 2 aromatic rings. The molecule has 0 heterocycles. The van der Waals surface area contributed by atoms with Crippen molar-refractivity contribution < 1.29 is 22.6 Å². The average Bonchev–Trinajstić information content (AvgIpc) is 2.66. The van der Waals surface area contributed by atoms with Gasteiger partial charge in [0, 0.05) is 11.6 Å². The van der Waals surface area contributed by atoms with E-state index in [1.165, 1.54) is 0 Å². The van der Waals surface area contributed by atoms with Crippen LogP contribution in [-0.4, -0.2) is 29.7 Å². The molecule has 0 aliphatic carbocycles. The van der Waals surface area contributed by atoms with Crippen LogP contribution in [-0.2, 0) is 10.0 Å². The number of ether oxygens (including phenoxy) is 3. The second kappa shape index (κ2) is 8.63. The molecule has 0 saturated heterocycles. The van der Waals surface area contributed by atoms with E-state index in [2.05, 4.69) is 4.72 Å². The van der Waals surface area contributed by atoms with Gasteiger partial charge in [-0.25, -0.2) is 13.1 Å². The van der Waals surface area contributed by atoms with Crippen molar-refractivity contribution in [3.05, 3.63) is 47.5 Å². The molecule has 27 heavy (non-hydrogen) atoms. The number of sulfonamides is 1. The first-order valence-electron chi connectivity index (χ1n) is 8.65. The van der Waals surface area contributed by atoms with Crippen LogP contribution in [0, 0.1) is 0 Å². The Morgan fingerprint density at radius 2 is 1.41 bits per heavy atom. The van der Waals surface area contributed by atoms with Crippen LogP contribution in [0.1, 0.15) is 43.9 Å². The molecule has 1 atom stereocenters. The highest BCUT2D eigenvalue weighted by atomic mass is 32.2. The molecule has 2 rings (SSSR count). The predicted molar refractivity (Wildman–Crippen MR) is 105 cm³/mol. The zero-order valence-electron chi connectivity index (χ0n) is 16.6. The first-order valence-corrected chi connectivity index (χ1v) is 10.1.